The van der Waals surface area contributed by atoms with Gasteiger partial charge in [0.15, 0.2) is 0 Å². The summed E-state index contributed by atoms with van der Waals surface area (Å²) in [5, 5.41) is 0. The third-order valence-electron chi connectivity index (χ3n) is 3.96. The van der Waals surface area contributed by atoms with Gasteiger partial charge in [-0.15, -0.1) is 0 Å². The van der Waals surface area contributed by atoms with E-state index in [1.807, 2.05) is 18.2 Å². The zero-order chi connectivity index (χ0) is 19.3. The van der Waals surface area contributed by atoms with Crippen molar-refractivity contribution in [1.29, 1.82) is 0 Å². The first-order valence-electron chi connectivity index (χ1n) is 8.11. The summed E-state index contributed by atoms with van der Waals surface area (Å²) in [5.74, 6) is 0.666. The van der Waals surface area contributed by atoms with Gasteiger partial charge in [0.25, 0.3) is 0 Å². The molecule has 0 fully saturated rings. The monoisotopic (exact) mass is 385 g/mol. The second-order valence-corrected chi connectivity index (χ2v) is 7.32. The molecule has 0 spiro atoms. The Balaban J connectivity index is 1.90. The summed E-state index contributed by atoms with van der Waals surface area (Å²) in [6.45, 7) is 0.0776. The summed E-state index contributed by atoms with van der Waals surface area (Å²) in [6.07, 6.45) is 5.00. The van der Waals surface area contributed by atoms with Crippen LogP contribution in [-0.4, -0.2) is 32.6 Å². The molecule has 2 heterocycles. The Morgan fingerprint density at radius 3 is 2.48 bits per heavy atom. The zero-order valence-corrected chi connectivity index (χ0v) is 15.7. The molecule has 7 nitrogen and oxygen atoms in total. The van der Waals surface area contributed by atoms with Crippen LogP contribution < -0.4 is 14.2 Å². The van der Waals surface area contributed by atoms with E-state index < -0.39 is 10.0 Å². The maximum Gasteiger partial charge on any atom is 0.244 e. The van der Waals surface area contributed by atoms with E-state index in [0.717, 1.165) is 11.1 Å². The highest BCUT2D eigenvalue weighted by atomic mass is 32.2. The van der Waals surface area contributed by atoms with Crippen LogP contribution in [0.15, 0.2) is 66.0 Å². The molecule has 0 atom stereocenters. The van der Waals surface area contributed by atoms with Gasteiger partial charge in [-0.2, -0.15) is 0 Å². The lowest BCUT2D eigenvalue weighted by molar-refractivity contribution is 0.392. The highest BCUT2D eigenvalue weighted by Gasteiger charge is 2.21. The molecule has 0 aliphatic carbocycles. The van der Waals surface area contributed by atoms with Crippen LogP contribution in [0.25, 0.3) is 11.3 Å². The van der Waals surface area contributed by atoms with E-state index in [0.29, 0.717) is 11.4 Å². The standard InChI is InChI=1S/C19H19N3O4S/c1-25-16-5-6-17(26-2)18(12-16)27(23,24)22-13-15-4-3-9-21-19(15)14-7-10-20-11-8-14/h3-12,22H,13H2,1-2H3. The predicted molar refractivity (Wildman–Crippen MR) is 101 cm³/mol. The highest BCUT2D eigenvalue weighted by molar-refractivity contribution is 7.89. The third kappa shape index (κ3) is 4.24. The van der Waals surface area contributed by atoms with E-state index in [4.69, 9.17) is 9.47 Å². The number of ether oxygens (including phenoxy) is 2. The third-order valence-corrected chi connectivity index (χ3v) is 5.38. The Labute approximate surface area is 158 Å². The smallest absolute Gasteiger partial charge is 0.244 e. The molecule has 0 unspecified atom stereocenters. The molecule has 0 amide bonds. The van der Waals surface area contributed by atoms with Crippen molar-refractivity contribution in [1.82, 2.24) is 14.7 Å². The first kappa shape index (κ1) is 18.8. The normalized spacial score (nSPS) is 11.2. The van der Waals surface area contributed by atoms with Crippen molar-refractivity contribution in [2.24, 2.45) is 0 Å². The van der Waals surface area contributed by atoms with Crippen molar-refractivity contribution >= 4 is 10.0 Å². The SMILES string of the molecule is COc1ccc(OC)c(S(=O)(=O)NCc2cccnc2-c2ccncc2)c1. The minimum Gasteiger partial charge on any atom is -0.497 e. The van der Waals surface area contributed by atoms with Crippen molar-refractivity contribution in [2.45, 2.75) is 11.4 Å². The fourth-order valence-corrected chi connectivity index (χ4v) is 3.78. The first-order chi connectivity index (χ1) is 13.0. The van der Waals surface area contributed by atoms with Gasteiger partial charge in [0, 0.05) is 36.8 Å². The molecule has 1 N–H and O–H groups in total. The maximum absolute atomic E-state index is 12.8. The highest BCUT2D eigenvalue weighted by Crippen LogP contribution is 2.28. The summed E-state index contributed by atoms with van der Waals surface area (Å²) < 4.78 is 38.6. The van der Waals surface area contributed by atoms with Crippen LogP contribution in [0.1, 0.15) is 5.56 Å². The predicted octanol–water partition coefficient (Wildman–Crippen LogP) is 2.64. The number of methoxy groups -OCH3 is 2. The van der Waals surface area contributed by atoms with E-state index in [-0.39, 0.29) is 17.2 Å². The van der Waals surface area contributed by atoms with Gasteiger partial charge in [-0.05, 0) is 35.9 Å². The Bertz CT molecular complexity index is 1020. The molecular weight excluding hydrogens is 366 g/mol. The molecule has 0 aliphatic heterocycles. The van der Waals surface area contributed by atoms with Crippen LogP contribution in [0.4, 0.5) is 0 Å². The summed E-state index contributed by atoms with van der Waals surface area (Å²) in [5.41, 5.74) is 2.30. The molecule has 27 heavy (non-hydrogen) atoms. The number of nitrogens with one attached hydrogen (secondary N) is 1. The average molecular weight is 385 g/mol. The van der Waals surface area contributed by atoms with Crippen LogP contribution in [0.3, 0.4) is 0 Å². The fraction of sp³-hybridized carbons (Fsp3) is 0.158. The largest absolute Gasteiger partial charge is 0.497 e. The van der Waals surface area contributed by atoms with E-state index in [1.54, 1.807) is 36.8 Å². The molecule has 0 saturated heterocycles. The van der Waals surface area contributed by atoms with Gasteiger partial charge in [-0.25, -0.2) is 13.1 Å². The average Bonchev–Trinajstić information content (AvgIpc) is 2.72. The second-order valence-electron chi connectivity index (χ2n) is 5.59. The molecule has 1 aromatic carbocycles. The Kier molecular flexibility index (Phi) is 5.68. The molecular formula is C19H19N3O4S. The topological polar surface area (TPSA) is 90.4 Å². The van der Waals surface area contributed by atoms with Gasteiger partial charge >= 0.3 is 0 Å². The quantitative estimate of drug-likeness (QED) is 0.672. The lowest BCUT2D eigenvalue weighted by Crippen LogP contribution is -2.24. The van der Waals surface area contributed by atoms with Crippen LogP contribution in [0.5, 0.6) is 11.5 Å². The van der Waals surface area contributed by atoms with Crippen molar-refractivity contribution in [3.63, 3.8) is 0 Å². The van der Waals surface area contributed by atoms with Crippen molar-refractivity contribution in [3.05, 3.63) is 66.6 Å². The molecule has 8 heteroatoms. The lowest BCUT2D eigenvalue weighted by atomic mass is 10.1. The first-order valence-corrected chi connectivity index (χ1v) is 9.59. The number of pyridine rings is 2. The molecule has 140 valence electrons. The van der Waals surface area contributed by atoms with Crippen LogP contribution >= 0.6 is 0 Å². The number of aromatic nitrogens is 2. The van der Waals surface area contributed by atoms with Crippen LogP contribution in [0.2, 0.25) is 0 Å². The van der Waals surface area contributed by atoms with Gasteiger partial charge in [-0.1, -0.05) is 6.07 Å². The molecule has 0 radical (unpaired) electrons. The van der Waals surface area contributed by atoms with E-state index in [9.17, 15) is 8.42 Å². The number of hydrogen-bond acceptors (Lipinski definition) is 6. The molecule has 0 bridgehead atoms. The fourth-order valence-electron chi connectivity index (χ4n) is 2.60. The van der Waals surface area contributed by atoms with Crippen LogP contribution in [0, 0.1) is 0 Å². The van der Waals surface area contributed by atoms with E-state index in [2.05, 4.69) is 14.7 Å². The number of benzene rings is 1. The Morgan fingerprint density at radius 1 is 1.00 bits per heavy atom. The summed E-state index contributed by atoms with van der Waals surface area (Å²) in [7, 11) is -0.933. The summed E-state index contributed by atoms with van der Waals surface area (Å²) in [4.78, 5) is 8.38. The Hall–Kier alpha value is -2.97. The zero-order valence-electron chi connectivity index (χ0n) is 14.9. The summed E-state index contributed by atoms with van der Waals surface area (Å²) in [6, 6.07) is 11.9. The minimum absolute atomic E-state index is 0.0127. The van der Waals surface area contributed by atoms with Crippen LogP contribution in [-0.2, 0) is 16.6 Å². The second kappa shape index (κ2) is 8.15. The van der Waals surface area contributed by atoms with E-state index >= 15 is 0 Å². The van der Waals surface area contributed by atoms with Gasteiger partial charge in [0.2, 0.25) is 10.0 Å². The number of sulfonamides is 1. The molecule has 3 aromatic rings. The van der Waals surface area contributed by atoms with Crippen molar-refractivity contribution in [3.8, 4) is 22.8 Å². The molecule has 0 aliphatic rings. The Morgan fingerprint density at radius 2 is 1.78 bits per heavy atom. The minimum atomic E-state index is -3.83. The lowest BCUT2D eigenvalue weighted by Gasteiger charge is -2.13. The summed E-state index contributed by atoms with van der Waals surface area (Å²) >= 11 is 0. The van der Waals surface area contributed by atoms with E-state index in [1.165, 1.54) is 20.3 Å². The van der Waals surface area contributed by atoms with Gasteiger partial charge < -0.3 is 9.47 Å². The van der Waals surface area contributed by atoms with Crippen molar-refractivity contribution in [2.75, 3.05) is 14.2 Å². The molecule has 0 saturated carbocycles. The number of rotatable bonds is 7. The number of hydrogen-bond donors (Lipinski definition) is 1. The number of nitrogens with zero attached hydrogens (tertiary/aromatic N) is 2. The van der Waals surface area contributed by atoms with Crippen molar-refractivity contribution < 1.29 is 17.9 Å². The molecule has 3 rings (SSSR count). The maximum atomic E-state index is 12.8. The molecule has 2 aromatic heterocycles. The van der Waals surface area contributed by atoms with Gasteiger partial charge in [-0.3, -0.25) is 9.97 Å². The van der Waals surface area contributed by atoms with Gasteiger partial charge in [0.1, 0.15) is 16.4 Å². The van der Waals surface area contributed by atoms with Gasteiger partial charge in [0.05, 0.1) is 19.9 Å².